The van der Waals surface area contributed by atoms with Crippen molar-refractivity contribution in [3.8, 4) is 0 Å². The summed E-state index contributed by atoms with van der Waals surface area (Å²) < 4.78 is 1.41. The number of hydrogen-bond acceptors (Lipinski definition) is 4. The van der Waals surface area contributed by atoms with Gasteiger partial charge in [0.15, 0.2) is 5.65 Å². The predicted octanol–water partition coefficient (Wildman–Crippen LogP) is 3.54. The molecule has 1 saturated carbocycles. The lowest BCUT2D eigenvalue weighted by atomic mass is 9.91. The maximum absolute atomic E-state index is 13.5. The fraction of sp³-hybridized carbons (Fsp3) is 0.259. The number of aryl methyl sites for hydroxylation is 1. The zero-order valence-electron chi connectivity index (χ0n) is 19.0. The van der Waals surface area contributed by atoms with E-state index in [1.807, 2.05) is 67.6 Å². The van der Waals surface area contributed by atoms with Crippen LogP contribution in [-0.2, 0) is 6.54 Å². The highest BCUT2D eigenvalue weighted by Crippen LogP contribution is 2.40. The van der Waals surface area contributed by atoms with Crippen molar-refractivity contribution in [3.05, 3.63) is 110 Å². The van der Waals surface area contributed by atoms with Crippen molar-refractivity contribution in [1.82, 2.24) is 19.9 Å². The molecule has 2 aromatic heterocycles. The largest absolute Gasteiger partial charge is 0.351 e. The Kier molecular flexibility index (Phi) is 5.84. The van der Waals surface area contributed by atoms with Gasteiger partial charge in [-0.25, -0.2) is 9.78 Å². The Morgan fingerprint density at radius 3 is 2.24 bits per heavy atom. The summed E-state index contributed by atoms with van der Waals surface area (Å²) in [5.74, 6) is -0.135. The number of amides is 1. The van der Waals surface area contributed by atoms with Crippen LogP contribution >= 0.6 is 0 Å². The van der Waals surface area contributed by atoms with Gasteiger partial charge in [-0.1, -0.05) is 60.7 Å². The van der Waals surface area contributed by atoms with Crippen molar-refractivity contribution in [3.63, 3.8) is 0 Å². The molecular formula is C27H26N4O3. The van der Waals surface area contributed by atoms with Crippen LogP contribution in [0.2, 0.25) is 0 Å². The average Bonchev–Trinajstić information content (AvgIpc) is 3.70. The summed E-state index contributed by atoms with van der Waals surface area (Å²) in [6, 6.07) is 21.7. The standard InChI is InChI=1S/C27H26N4O3/c1-2-31-24-23(26(33)30-27(31)34)20(15-22(29-24)19-13-14-19)25(32)28-16-21(17-9-5-3-6-10-17)18-11-7-4-8-12-18/h3-12,15,19,21H,2,13-14,16H2,1H3,(H,28,32)(H,30,33,34). The Balaban J connectivity index is 1.54. The lowest BCUT2D eigenvalue weighted by Gasteiger charge is -2.19. The van der Waals surface area contributed by atoms with Gasteiger partial charge in [0.25, 0.3) is 11.5 Å². The van der Waals surface area contributed by atoms with Crippen LogP contribution < -0.4 is 16.6 Å². The van der Waals surface area contributed by atoms with Crippen LogP contribution in [0.3, 0.4) is 0 Å². The van der Waals surface area contributed by atoms with Gasteiger partial charge in [-0.3, -0.25) is 19.1 Å². The maximum atomic E-state index is 13.5. The molecular weight excluding hydrogens is 428 g/mol. The molecule has 0 saturated heterocycles. The average molecular weight is 455 g/mol. The van der Waals surface area contributed by atoms with E-state index in [4.69, 9.17) is 0 Å². The van der Waals surface area contributed by atoms with Crippen molar-refractivity contribution >= 4 is 16.9 Å². The Morgan fingerprint density at radius 2 is 1.68 bits per heavy atom. The van der Waals surface area contributed by atoms with Gasteiger partial charge in [0, 0.05) is 30.6 Å². The smallest absolute Gasteiger partial charge is 0.329 e. The molecule has 1 aliphatic carbocycles. The first-order chi connectivity index (χ1) is 16.6. The van der Waals surface area contributed by atoms with Gasteiger partial charge in [0.1, 0.15) is 0 Å². The minimum atomic E-state index is -0.590. The molecule has 7 heteroatoms. The first-order valence-corrected chi connectivity index (χ1v) is 11.6. The second kappa shape index (κ2) is 9.09. The molecule has 0 atom stereocenters. The number of hydrogen-bond donors (Lipinski definition) is 2. The fourth-order valence-corrected chi connectivity index (χ4v) is 4.44. The number of aromatic nitrogens is 3. The van der Waals surface area contributed by atoms with Gasteiger partial charge in [-0.05, 0) is 37.0 Å². The monoisotopic (exact) mass is 454 g/mol. The third-order valence-electron chi connectivity index (χ3n) is 6.40. The maximum Gasteiger partial charge on any atom is 0.329 e. The summed E-state index contributed by atoms with van der Waals surface area (Å²) in [6.45, 7) is 2.52. The molecule has 34 heavy (non-hydrogen) atoms. The molecule has 0 unspecified atom stereocenters. The third-order valence-corrected chi connectivity index (χ3v) is 6.40. The number of nitrogens with one attached hydrogen (secondary N) is 2. The molecule has 172 valence electrons. The Bertz CT molecular complexity index is 1420. The van der Waals surface area contributed by atoms with E-state index in [1.54, 1.807) is 6.07 Å². The molecule has 1 fully saturated rings. The number of nitrogens with zero attached hydrogens (tertiary/aromatic N) is 2. The molecule has 0 radical (unpaired) electrons. The molecule has 4 aromatic rings. The predicted molar refractivity (Wildman–Crippen MR) is 131 cm³/mol. The van der Waals surface area contributed by atoms with E-state index in [2.05, 4.69) is 15.3 Å². The summed E-state index contributed by atoms with van der Waals surface area (Å²) in [5.41, 5.74) is 2.36. The molecule has 1 aliphatic rings. The molecule has 0 bridgehead atoms. The topological polar surface area (TPSA) is 96.9 Å². The van der Waals surface area contributed by atoms with Crippen molar-refractivity contribution in [2.24, 2.45) is 0 Å². The highest BCUT2D eigenvalue weighted by atomic mass is 16.2. The number of benzene rings is 2. The molecule has 2 aromatic carbocycles. The SMILES string of the molecule is CCn1c(=O)[nH]c(=O)c2c(C(=O)NCC(c3ccccc3)c3ccccc3)cc(C3CC3)nc21. The number of carbonyl (C=O) groups excluding carboxylic acids is 1. The summed E-state index contributed by atoms with van der Waals surface area (Å²) in [4.78, 5) is 45.6. The third kappa shape index (κ3) is 4.17. The van der Waals surface area contributed by atoms with E-state index in [0.29, 0.717) is 13.1 Å². The number of aromatic amines is 1. The van der Waals surface area contributed by atoms with Gasteiger partial charge in [0.2, 0.25) is 0 Å². The first kappa shape index (κ1) is 21.8. The van der Waals surface area contributed by atoms with Crippen LogP contribution in [-0.4, -0.2) is 27.0 Å². The fourth-order valence-electron chi connectivity index (χ4n) is 4.44. The zero-order chi connectivity index (χ0) is 23.7. The van der Waals surface area contributed by atoms with Crippen LogP contribution in [0.4, 0.5) is 0 Å². The number of rotatable bonds is 7. The highest BCUT2D eigenvalue weighted by molar-refractivity contribution is 6.05. The summed E-state index contributed by atoms with van der Waals surface area (Å²) in [7, 11) is 0. The molecule has 0 aliphatic heterocycles. The number of fused-ring (bicyclic) bond motifs is 1. The van der Waals surface area contributed by atoms with Crippen molar-refractivity contribution in [2.75, 3.05) is 6.54 Å². The van der Waals surface area contributed by atoms with E-state index in [9.17, 15) is 14.4 Å². The lowest BCUT2D eigenvalue weighted by Crippen LogP contribution is -2.34. The van der Waals surface area contributed by atoms with Crippen LogP contribution in [0.25, 0.3) is 11.0 Å². The summed E-state index contributed by atoms with van der Waals surface area (Å²) in [6.07, 6.45) is 1.98. The van der Waals surface area contributed by atoms with Crippen LogP contribution in [0.15, 0.2) is 76.3 Å². The molecule has 2 heterocycles. The van der Waals surface area contributed by atoms with Crippen molar-refractivity contribution < 1.29 is 4.79 Å². The minimum absolute atomic E-state index is 0.0468. The highest BCUT2D eigenvalue weighted by Gasteiger charge is 2.29. The van der Waals surface area contributed by atoms with E-state index < -0.39 is 11.2 Å². The van der Waals surface area contributed by atoms with Gasteiger partial charge in [-0.2, -0.15) is 0 Å². The molecule has 1 amide bonds. The van der Waals surface area contributed by atoms with E-state index >= 15 is 0 Å². The van der Waals surface area contributed by atoms with Gasteiger partial charge in [0.05, 0.1) is 10.9 Å². The molecule has 0 spiro atoms. The second-order valence-corrected chi connectivity index (χ2v) is 8.66. The van der Waals surface area contributed by atoms with Gasteiger partial charge in [-0.15, -0.1) is 0 Å². The quantitative estimate of drug-likeness (QED) is 0.446. The number of pyridine rings is 1. The zero-order valence-corrected chi connectivity index (χ0v) is 19.0. The lowest BCUT2D eigenvalue weighted by molar-refractivity contribution is 0.0954. The number of carbonyl (C=O) groups is 1. The Hall–Kier alpha value is -4.00. The van der Waals surface area contributed by atoms with Crippen LogP contribution in [0, 0.1) is 0 Å². The first-order valence-electron chi connectivity index (χ1n) is 11.6. The summed E-state index contributed by atoms with van der Waals surface area (Å²) in [5, 5.41) is 3.20. The Labute approximate surface area is 196 Å². The van der Waals surface area contributed by atoms with E-state index in [0.717, 1.165) is 29.7 Å². The Morgan fingerprint density at radius 1 is 1.06 bits per heavy atom. The molecule has 7 nitrogen and oxygen atoms in total. The van der Waals surface area contributed by atoms with Gasteiger partial charge >= 0.3 is 5.69 Å². The van der Waals surface area contributed by atoms with E-state index in [-0.39, 0.29) is 34.3 Å². The molecule has 2 N–H and O–H groups in total. The van der Waals surface area contributed by atoms with Crippen molar-refractivity contribution in [1.29, 1.82) is 0 Å². The molecule has 5 rings (SSSR count). The van der Waals surface area contributed by atoms with E-state index in [1.165, 1.54) is 4.57 Å². The van der Waals surface area contributed by atoms with Gasteiger partial charge < -0.3 is 5.32 Å². The second-order valence-electron chi connectivity index (χ2n) is 8.66. The van der Waals surface area contributed by atoms with Crippen molar-refractivity contribution in [2.45, 2.75) is 38.1 Å². The summed E-state index contributed by atoms with van der Waals surface area (Å²) >= 11 is 0. The van der Waals surface area contributed by atoms with Crippen LogP contribution in [0.1, 0.15) is 58.8 Å². The normalized spacial score (nSPS) is 13.4. The van der Waals surface area contributed by atoms with Crippen LogP contribution in [0.5, 0.6) is 0 Å². The number of H-pyrrole nitrogens is 1. The minimum Gasteiger partial charge on any atom is -0.351 e.